The molecule has 2 aromatic rings. The summed E-state index contributed by atoms with van der Waals surface area (Å²) in [7, 11) is -4.07. The maximum Gasteiger partial charge on any atom is 0.405 e. The second kappa shape index (κ2) is 8.61. The molecule has 0 aliphatic carbocycles. The highest BCUT2D eigenvalue weighted by molar-refractivity contribution is 7.92. The van der Waals surface area contributed by atoms with Crippen LogP contribution in [0.2, 0.25) is 0 Å². The summed E-state index contributed by atoms with van der Waals surface area (Å²) in [5, 5.41) is 11.4. The summed E-state index contributed by atoms with van der Waals surface area (Å²) in [4.78, 5) is 11.6. The maximum absolute atomic E-state index is 13.0. The number of hydrogen-bond donors (Lipinski definition) is 2. The van der Waals surface area contributed by atoms with E-state index in [4.69, 9.17) is 0 Å². The van der Waals surface area contributed by atoms with Gasteiger partial charge in [0.25, 0.3) is 15.9 Å². The lowest BCUT2D eigenvalue weighted by atomic mass is 10.2. The first-order valence-electron chi connectivity index (χ1n) is 8.21. The van der Waals surface area contributed by atoms with E-state index in [1.807, 2.05) is 0 Å². The van der Waals surface area contributed by atoms with Crippen molar-refractivity contribution in [1.82, 2.24) is 5.32 Å². The smallest absolute Gasteiger partial charge is 0.392 e. The highest BCUT2D eigenvalue weighted by Crippen LogP contribution is 2.24. The minimum atomic E-state index is -4.55. The minimum absolute atomic E-state index is 0.106. The summed E-state index contributed by atoms with van der Waals surface area (Å²) in [6.07, 6.45) is -5.49. The predicted molar refractivity (Wildman–Crippen MR) is 97.5 cm³/mol. The van der Waals surface area contributed by atoms with Crippen LogP contribution in [-0.2, 0) is 10.0 Å². The molecular weight excluding hydrogens is 397 g/mol. The Morgan fingerprint density at radius 1 is 1.11 bits per heavy atom. The number of anilines is 1. The zero-order valence-corrected chi connectivity index (χ0v) is 15.7. The SMILES string of the molecule is C[C@@H](O)CN(c1ccccc1)S(=O)(=O)c1ccc(C(=O)NCC(F)(F)F)cc1. The van der Waals surface area contributed by atoms with E-state index in [0.29, 0.717) is 5.69 Å². The van der Waals surface area contributed by atoms with Gasteiger partial charge in [-0.05, 0) is 43.3 Å². The molecule has 0 bridgehead atoms. The molecule has 0 fully saturated rings. The molecule has 28 heavy (non-hydrogen) atoms. The Bertz CT molecular complexity index is 899. The molecule has 0 spiro atoms. The number of para-hydroxylation sites is 1. The fraction of sp³-hybridized carbons (Fsp3) is 0.278. The molecule has 0 heterocycles. The molecule has 10 heteroatoms. The molecule has 0 saturated carbocycles. The van der Waals surface area contributed by atoms with E-state index in [0.717, 1.165) is 28.6 Å². The average Bonchev–Trinajstić information content (AvgIpc) is 2.64. The van der Waals surface area contributed by atoms with Crippen molar-refractivity contribution in [3.63, 3.8) is 0 Å². The van der Waals surface area contributed by atoms with Crippen LogP contribution < -0.4 is 9.62 Å². The lowest BCUT2D eigenvalue weighted by Gasteiger charge is -2.25. The molecule has 0 saturated heterocycles. The molecule has 2 N–H and O–H groups in total. The molecule has 6 nitrogen and oxygen atoms in total. The standard InChI is InChI=1S/C18H19F3N2O4S/c1-13(24)11-23(15-5-3-2-4-6-15)28(26,27)16-9-7-14(8-10-16)17(25)22-12-18(19,20)21/h2-10,13,24H,11-12H2,1H3,(H,22,25)/t13-/m1/s1. The number of rotatable bonds is 7. The Morgan fingerprint density at radius 2 is 1.68 bits per heavy atom. The maximum atomic E-state index is 13.0. The third kappa shape index (κ3) is 5.70. The van der Waals surface area contributed by atoms with E-state index >= 15 is 0 Å². The first-order valence-corrected chi connectivity index (χ1v) is 9.65. The molecule has 2 aromatic carbocycles. The molecule has 0 aliphatic rings. The van der Waals surface area contributed by atoms with Crippen molar-refractivity contribution in [2.45, 2.75) is 24.1 Å². The Labute approximate surface area is 160 Å². The molecule has 0 unspecified atom stereocenters. The van der Waals surface area contributed by atoms with Crippen LogP contribution in [0, 0.1) is 0 Å². The monoisotopic (exact) mass is 416 g/mol. The molecule has 0 aromatic heterocycles. The van der Waals surface area contributed by atoms with Crippen molar-refractivity contribution in [3.8, 4) is 0 Å². The molecule has 1 atom stereocenters. The van der Waals surface area contributed by atoms with Gasteiger partial charge in [0.1, 0.15) is 6.54 Å². The number of aliphatic hydroxyl groups is 1. The molecule has 152 valence electrons. The fourth-order valence-electron chi connectivity index (χ4n) is 2.36. The first kappa shape index (κ1) is 21.7. The van der Waals surface area contributed by atoms with Gasteiger partial charge in [-0.2, -0.15) is 13.2 Å². The quantitative estimate of drug-likeness (QED) is 0.726. The summed E-state index contributed by atoms with van der Waals surface area (Å²) in [6.45, 7) is -0.234. The summed E-state index contributed by atoms with van der Waals surface area (Å²) < 4.78 is 63.5. The number of sulfonamides is 1. The number of aliphatic hydroxyl groups excluding tert-OH is 1. The van der Waals surface area contributed by atoms with E-state index in [9.17, 15) is 31.5 Å². The number of nitrogens with zero attached hydrogens (tertiary/aromatic N) is 1. The van der Waals surface area contributed by atoms with Gasteiger partial charge >= 0.3 is 6.18 Å². The molecule has 0 radical (unpaired) electrons. The Balaban J connectivity index is 2.27. The van der Waals surface area contributed by atoms with Crippen LogP contribution in [0.5, 0.6) is 0 Å². The van der Waals surface area contributed by atoms with Crippen LogP contribution >= 0.6 is 0 Å². The highest BCUT2D eigenvalue weighted by atomic mass is 32.2. The average molecular weight is 416 g/mol. The zero-order chi connectivity index (χ0) is 20.9. The fourth-order valence-corrected chi connectivity index (χ4v) is 3.91. The first-order chi connectivity index (χ1) is 13.0. The largest absolute Gasteiger partial charge is 0.405 e. The van der Waals surface area contributed by atoms with Crippen molar-refractivity contribution < 1.29 is 31.5 Å². The van der Waals surface area contributed by atoms with E-state index in [1.165, 1.54) is 6.92 Å². The van der Waals surface area contributed by atoms with Gasteiger partial charge in [-0.15, -0.1) is 0 Å². The van der Waals surface area contributed by atoms with Crippen molar-refractivity contribution in [1.29, 1.82) is 0 Å². The number of carbonyl (C=O) groups is 1. The normalized spacial score (nSPS) is 13.0. The van der Waals surface area contributed by atoms with Gasteiger partial charge in [-0.1, -0.05) is 18.2 Å². The Morgan fingerprint density at radius 3 is 2.18 bits per heavy atom. The van der Waals surface area contributed by atoms with Gasteiger partial charge in [0.2, 0.25) is 0 Å². The minimum Gasteiger partial charge on any atom is -0.392 e. The van der Waals surface area contributed by atoms with E-state index in [1.54, 1.807) is 35.6 Å². The number of halogens is 3. The summed E-state index contributed by atoms with van der Waals surface area (Å²) >= 11 is 0. The van der Waals surface area contributed by atoms with Gasteiger partial charge < -0.3 is 10.4 Å². The van der Waals surface area contributed by atoms with Crippen LogP contribution in [0.15, 0.2) is 59.5 Å². The van der Waals surface area contributed by atoms with Crippen LogP contribution in [-0.4, -0.2) is 44.8 Å². The third-order valence-corrected chi connectivity index (χ3v) is 5.44. The lowest BCUT2D eigenvalue weighted by Crippen LogP contribution is -2.36. The van der Waals surface area contributed by atoms with Gasteiger partial charge in [0.05, 0.1) is 23.2 Å². The number of carbonyl (C=O) groups excluding carboxylic acids is 1. The lowest BCUT2D eigenvalue weighted by molar-refractivity contribution is -0.123. The second-order valence-electron chi connectivity index (χ2n) is 6.04. The van der Waals surface area contributed by atoms with Gasteiger partial charge in [-0.25, -0.2) is 8.42 Å². The number of benzene rings is 2. The Kier molecular flexibility index (Phi) is 6.68. The predicted octanol–water partition coefficient (Wildman–Crippen LogP) is 2.55. The molecular formula is C18H19F3N2O4S. The molecule has 2 rings (SSSR count). The second-order valence-corrected chi connectivity index (χ2v) is 7.91. The third-order valence-electron chi connectivity index (χ3n) is 3.63. The number of hydrogen-bond acceptors (Lipinski definition) is 4. The number of alkyl halides is 3. The van der Waals surface area contributed by atoms with Crippen molar-refractivity contribution in [2.75, 3.05) is 17.4 Å². The molecule has 0 aliphatic heterocycles. The van der Waals surface area contributed by atoms with Gasteiger partial charge in [-0.3, -0.25) is 9.10 Å². The summed E-state index contributed by atoms with van der Waals surface area (Å²) in [5.74, 6) is -0.967. The number of nitrogens with one attached hydrogen (secondary N) is 1. The van der Waals surface area contributed by atoms with Gasteiger partial charge in [0, 0.05) is 5.56 Å². The van der Waals surface area contributed by atoms with Gasteiger partial charge in [0.15, 0.2) is 0 Å². The van der Waals surface area contributed by atoms with Crippen LogP contribution in [0.1, 0.15) is 17.3 Å². The summed E-state index contributed by atoms with van der Waals surface area (Å²) in [6, 6.07) is 12.7. The Hall–Kier alpha value is -2.59. The van der Waals surface area contributed by atoms with Crippen LogP contribution in [0.4, 0.5) is 18.9 Å². The van der Waals surface area contributed by atoms with Crippen LogP contribution in [0.25, 0.3) is 0 Å². The van der Waals surface area contributed by atoms with E-state index in [2.05, 4.69) is 0 Å². The number of amides is 1. The summed E-state index contributed by atoms with van der Waals surface area (Å²) in [5.41, 5.74) is 0.236. The topological polar surface area (TPSA) is 86.7 Å². The highest BCUT2D eigenvalue weighted by Gasteiger charge is 2.29. The van der Waals surface area contributed by atoms with Crippen LogP contribution in [0.3, 0.4) is 0 Å². The van der Waals surface area contributed by atoms with Crippen molar-refractivity contribution in [3.05, 3.63) is 60.2 Å². The zero-order valence-electron chi connectivity index (χ0n) is 14.8. The van der Waals surface area contributed by atoms with Crippen molar-refractivity contribution >= 4 is 21.6 Å². The van der Waals surface area contributed by atoms with E-state index in [-0.39, 0.29) is 17.0 Å². The van der Waals surface area contributed by atoms with Crippen molar-refractivity contribution in [2.24, 2.45) is 0 Å². The molecule has 1 amide bonds. The van der Waals surface area contributed by atoms with E-state index < -0.39 is 34.8 Å².